The fraction of sp³-hybridized carbons (Fsp3) is 0.500. The van der Waals surface area contributed by atoms with E-state index < -0.39 is 0 Å². The van der Waals surface area contributed by atoms with Gasteiger partial charge in [0.2, 0.25) is 0 Å². The van der Waals surface area contributed by atoms with Crippen LogP contribution in [0.2, 0.25) is 0 Å². The van der Waals surface area contributed by atoms with Crippen molar-refractivity contribution in [3.63, 3.8) is 0 Å². The number of imidazole rings is 1. The molecule has 3 heterocycles. The minimum Gasteiger partial charge on any atom is -0.345 e. The Hall–Kier alpha value is -1.68. The summed E-state index contributed by atoms with van der Waals surface area (Å²) < 4.78 is 0. The number of likely N-dealkylation sites (tertiary alicyclic amines) is 1. The Bertz CT molecular complexity index is 528. The van der Waals surface area contributed by atoms with Crippen molar-refractivity contribution in [2.45, 2.75) is 38.6 Å². The average Bonchev–Trinajstić information content (AvgIpc) is 2.89. The third-order valence-electron chi connectivity index (χ3n) is 3.98. The van der Waals surface area contributed by atoms with Gasteiger partial charge in [-0.1, -0.05) is 13.3 Å². The first kappa shape index (κ1) is 13.3. The van der Waals surface area contributed by atoms with E-state index in [2.05, 4.69) is 38.9 Å². The third kappa shape index (κ3) is 3.07. The number of H-pyrrole nitrogens is 1. The van der Waals surface area contributed by atoms with Gasteiger partial charge in [0.15, 0.2) is 0 Å². The second-order valence-corrected chi connectivity index (χ2v) is 5.63. The lowest BCUT2D eigenvalue weighted by Crippen LogP contribution is -2.44. The van der Waals surface area contributed by atoms with Gasteiger partial charge in [0.05, 0.1) is 0 Å². The van der Waals surface area contributed by atoms with Gasteiger partial charge in [-0.3, -0.25) is 9.88 Å². The summed E-state index contributed by atoms with van der Waals surface area (Å²) in [4.78, 5) is 14.4. The van der Waals surface area contributed by atoms with Crippen LogP contribution in [0.3, 0.4) is 0 Å². The summed E-state index contributed by atoms with van der Waals surface area (Å²) >= 11 is 0. The van der Waals surface area contributed by atoms with Crippen molar-refractivity contribution < 1.29 is 0 Å². The molecule has 1 saturated heterocycles. The molecule has 0 amide bonds. The van der Waals surface area contributed by atoms with Crippen molar-refractivity contribution >= 4 is 0 Å². The van der Waals surface area contributed by atoms with Crippen molar-refractivity contribution in [3.05, 3.63) is 47.8 Å². The molecule has 1 N–H and O–H groups in total. The van der Waals surface area contributed by atoms with Crippen LogP contribution in [0, 0.1) is 0 Å². The molecule has 1 aliphatic heterocycles. The van der Waals surface area contributed by atoms with Gasteiger partial charge < -0.3 is 4.98 Å². The number of aromatic amines is 1. The van der Waals surface area contributed by atoms with Crippen LogP contribution in [-0.2, 0) is 13.0 Å². The summed E-state index contributed by atoms with van der Waals surface area (Å²) in [5, 5.41) is 0. The molecular formula is C16H22N4. The molecule has 0 bridgehead atoms. The molecule has 0 saturated carbocycles. The summed E-state index contributed by atoms with van der Waals surface area (Å²) in [6.07, 6.45) is 9.25. The number of unbranched alkanes of at least 4 members (excludes halogenated alkanes) is 1. The van der Waals surface area contributed by atoms with Gasteiger partial charge in [-0.15, -0.1) is 0 Å². The molecule has 3 rings (SSSR count). The Morgan fingerprint density at radius 2 is 2.10 bits per heavy atom. The lowest BCUT2D eigenvalue weighted by molar-refractivity contribution is 0.138. The minimum atomic E-state index is 0.667. The molecule has 20 heavy (non-hydrogen) atoms. The van der Waals surface area contributed by atoms with Crippen molar-refractivity contribution in [1.29, 1.82) is 0 Å². The lowest BCUT2D eigenvalue weighted by Gasteiger charge is -2.39. The van der Waals surface area contributed by atoms with Crippen LogP contribution in [0.15, 0.2) is 30.7 Å². The molecule has 0 radical (unpaired) electrons. The Labute approximate surface area is 120 Å². The van der Waals surface area contributed by atoms with Gasteiger partial charge in [0, 0.05) is 56.3 Å². The first-order valence-corrected chi connectivity index (χ1v) is 7.50. The maximum atomic E-state index is 4.45. The largest absolute Gasteiger partial charge is 0.345 e. The highest BCUT2D eigenvalue weighted by atomic mass is 15.2. The van der Waals surface area contributed by atoms with E-state index in [0.29, 0.717) is 5.92 Å². The molecule has 0 aliphatic carbocycles. The van der Waals surface area contributed by atoms with E-state index in [1.807, 2.05) is 18.6 Å². The van der Waals surface area contributed by atoms with E-state index in [4.69, 9.17) is 0 Å². The van der Waals surface area contributed by atoms with Gasteiger partial charge in [0.25, 0.3) is 0 Å². The van der Waals surface area contributed by atoms with Crippen LogP contribution >= 0.6 is 0 Å². The smallest absolute Gasteiger partial charge is 0.106 e. The molecule has 0 aromatic carbocycles. The molecule has 0 atom stereocenters. The average molecular weight is 270 g/mol. The number of pyridine rings is 1. The number of aromatic nitrogens is 3. The first-order chi connectivity index (χ1) is 9.85. The fourth-order valence-electron chi connectivity index (χ4n) is 2.74. The Morgan fingerprint density at radius 3 is 2.85 bits per heavy atom. The summed E-state index contributed by atoms with van der Waals surface area (Å²) in [5.74, 6) is 1.80. The van der Waals surface area contributed by atoms with E-state index in [1.54, 1.807) is 0 Å². The second kappa shape index (κ2) is 6.18. The SMILES string of the molecule is CCCCc1ncc(CN2CC(c3ccncc3)C2)[nH]1. The normalized spacial score (nSPS) is 16.2. The van der Waals surface area contributed by atoms with E-state index in [9.17, 15) is 0 Å². The monoisotopic (exact) mass is 270 g/mol. The highest BCUT2D eigenvalue weighted by Gasteiger charge is 2.28. The number of rotatable bonds is 6. The van der Waals surface area contributed by atoms with Crippen molar-refractivity contribution in [2.75, 3.05) is 13.1 Å². The quantitative estimate of drug-likeness (QED) is 0.878. The molecular weight excluding hydrogens is 248 g/mol. The highest BCUT2D eigenvalue weighted by Crippen LogP contribution is 2.27. The molecule has 4 nitrogen and oxygen atoms in total. The molecule has 1 fully saturated rings. The van der Waals surface area contributed by atoms with Gasteiger partial charge in [-0.25, -0.2) is 4.98 Å². The molecule has 2 aromatic heterocycles. The zero-order chi connectivity index (χ0) is 13.8. The van der Waals surface area contributed by atoms with E-state index in [1.165, 1.54) is 24.1 Å². The van der Waals surface area contributed by atoms with Crippen LogP contribution in [0.5, 0.6) is 0 Å². The molecule has 0 unspecified atom stereocenters. The van der Waals surface area contributed by atoms with Crippen LogP contribution in [0.4, 0.5) is 0 Å². The van der Waals surface area contributed by atoms with E-state index in [-0.39, 0.29) is 0 Å². The van der Waals surface area contributed by atoms with Crippen LogP contribution in [-0.4, -0.2) is 32.9 Å². The molecule has 1 aliphatic rings. The van der Waals surface area contributed by atoms with Gasteiger partial charge in [0.1, 0.15) is 5.82 Å². The highest BCUT2D eigenvalue weighted by molar-refractivity contribution is 5.20. The summed E-state index contributed by atoms with van der Waals surface area (Å²) in [6.45, 7) is 5.46. The standard InChI is InChI=1S/C16H22N4/c1-2-3-4-16-18-9-15(19-16)12-20-10-14(11-20)13-5-7-17-8-6-13/h5-9,14H,2-4,10-12H2,1H3,(H,18,19). The zero-order valence-electron chi connectivity index (χ0n) is 12.0. The minimum absolute atomic E-state index is 0.667. The predicted molar refractivity (Wildman–Crippen MR) is 79.5 cm³/mol. The molecule has 4 heteroatoms. The Morgan fingerprint density at radius 1 is 1.30 bits per heavy atom. The summed E-state index contributed by atoms with van der Waals surface area (Å²) in [7, 11) is 0. The van der Waals surface area contributed by atoms with Crippen LogP contribution < -0.4 is 0 Å². The summed E-state index contributed by atoms with van der Waals surface area (Å²) in [6, 6.07) is 4.25. The van der Waals surface area contributed by atoms with Crippen LogP contribution in [0.1, 0.15) is 42.8 Å². The van der Waals surface area contributed by atoms with Gasteiger partial charge in [-0.05, 0) is 24.1 Å². The van der Waals surface area contributed by atoms with E-state index >= 15 is 0 Å². The second-order valence-electron chi connectivity index (χ2n) is 5.63. The summed E-state index contributed by atoms with van der Waals surface area (Å²) in [5.41, 5.74) is 2.65. The van der Waals surface area contributed by atoms with Gasteiger partial charge >= 0.3 is 0 Å². The third-order valence-corrected chi connectivity index (χ3v) is 3.98. The number of nitrogens with one attached hydrogen (secondary N) is 1. The number of nitrogens with zero attached hydrogens (tertiary/aromatic N) is 3. The lowest BCUT2D eigenvalue weighted by atomic mass is 9.92. The van der Waals surface area contributed by atoms with Crippen LogP contribution in [0.25, 0.3) is 0 Å². The molecule has 0 spiro atoms. The Kier molecular flexibility index (Phi) is 4.11. The maximum absolute atomic E-state index is 4.45. The molecule has 106 valence electrons. The zero-order valence-corrected chi connectivity index (χ0v) is 12.0. The maximum Gasteiger partial charge on any atom is 0.106 e. The molecule has 2 aromatic rings. The first-order valence-electron chi connectivity index (χ1n) is 7.50. The fourth-order valence-corrected chi connectivity index (χ4v) is 2.74. The van der Waals surface area contributed by atoms with Crippen molar-refractivity contribution in [1.82, 2.24) is 19.9 Å². The van der Waals surface area contributed by atoms with Gasteiger partial charge in [-0.2, -0.15) is 0 Å². The Balaban J connectivity index is 1.48. The van der Waals surface area contributed by atoms with Crippen molar-refractivity contribution in [3.8, 4) is 0 Å². The predicted octanol–water partition coefficient (Wildman–Crippen LogP) is 2.75. The van der Waals surface area contributed by atoms with E-state index in [0.717, 1.165) is 31.9 Å². The topological polar surface area (TPSA) is 44.8 Å². The van der Waals surface area contributed by atoms with Crippen molar-refractivity contribution in [2.24, 2.45) is 0 Å². The number of aryl methyl sites for hydroxylation is 1. The number of hydrogen-bond donors (Lipinski definition) is 1. The number of hydrogen-bond acceptors (Lipinski definition) is 3.